The van der Waals surface area contributed by atoms with Crippen LogP contribution in [0.25, 0.3) is 11.1 Å². The molecular weight excluding hydrogens is 314 g/mol. The molecule has 3 rings (SSSR count). The zero-order valence-electron chi connectivity index (χ0n) is 14.8. The lowest BCUT2D eigenvalue weighted by Gasteiger charge is -2.14. The maximum atomic E-state index is 12.7. The van der Waals surface area contributed by atoms with Crippen molar-refractivity contribution in [3.8, 4) is 16.9 Å². The van der Waals surface area contributed by atoms with Crippen LogP contribution < -0.4 is 10.1 Å². The molecule has 0 saturated carbocycles. The van der Waals surface area contributed by atoms with Crippen molar-refractivity contribution in [1.82, 2.24) is 9.78 Å². The van der Waals surface area contributed by atoms with Gasteiger partial charge in [-0.3, -0.25) is 9.48 Å². The molecule has 5 nitrogen and oxygen atoms in total. The number of para-hydroxylation sites is 1. The van der Waals surface area contributed by atoms with Crippen LogP contribution in [0, 0.1) is 13.8 Å². The third-order valence-corrected chi connectivity index (χ3v) is 4.20. The summed E-state index contributed by atoms with van der Waals surface area (Å²) in [4.78, 5) is 12.7. The molecule has 0 aliphatic rings. The molecule has 0 unspecified atom stereocenters. The quantitative estimate of drug-likeness (QED) is 0.785. The maximum absolute atomic E-state index is 12.7. The van der Waals surface area contributed by atoms with Crippen molar-refractivity contribution in [3.63, 3.8) is 0 Å². The molecule has 1 aromatic heterocycles. The highest BCUT2D eigenvalue weighted by Crippen LogP contribution is 2.28. The Morgan fingerprint density at radius 3 is 2.44 bits per heavy atom. The molecule has 2 aromatic carbocycles. The van der Waals surface area contributed by atoms with E-state index in [2.05, 4.69) is 10.4 Å². The lowest BCUT2D eigenvalue weighted by molar-refractivity contribution is 0.102. The Labute approximate surface area is 147 Å². The molecule has 1 heterocycles. The largest absolute Gasteiger partial charge is 0.496 e. The highest BCUT2D eigenvalue weighted by Gasteiger charge is 2.15. The lowest BCUT2D eigenvalue weighted by atomic mass is 10.0. The number of rotatable bonds is 4. The average molecular weight is 335 g/mol. The first-order valence-electron chi connectivity index (χ1n) is 8.04. The van der Waals surface area contributed by atoms with Crippen molar-refractivity contribution < 1.29 is 9.53 Å². The number of benzene rings is 2. The number of aryl methyl sites for hydroxylation is 3. The smallest absolute Gasteiger partial charge is 0.259 e. The van der Waals surface area contributed by atoms with Gasteiger partial charge in [0.25, 0.3) is 5.91 Å². The van der Waals surface area contributed by atoms with Crippen molar-refractivity contribution in [2.45, 2.75) is 13.8 Å². The second-order valence-corrected chi connectivity index (χ2v) is 6.04. The fourth-order valence-corrected chi connectivity index (χ4v) is 2.82. The van der Waals surface area contributed by atoms with Gasteiger partial charge >= 0.3 is 0 Å². The normalized spacial score (nSPS) is 10.6. The van der Waals surface area contributed by atoms with Gasteiger partial charge in [0.15, 0.2) is 0 Å². The number of amides is 1. The Morgan fingerprint density at radius 2 is 1.84 bits per heavy atom. The maximum Gasteiger partial charge on any atom is 0.259 e. The van der Waals surface area contributed by atoms with Crippen LogP contribution in [0.4, 0.5) is 5.69 Å². The van der Waals surface area contributed by atoms with E-state index in [0.29, 0.717) is 11.3 Å². The molecule has 1 amide bonds. The molecule has 1 N–H and O–H groups in total. The molecule has 128 valence electrons. The summed E-state index contributed by atoms with van der Waals surface area (Å²) in [6.07, 6.45) is 3.70. The minimum atomic E-state index is -0.188. The van der Waals surface area contributed by atoms with Crippen LogP contribution in [0.2, 0.25) is 0 Å². The summed E-state index contributed by atoms with van der Waals surface area (Å²) >= 11 is 0. The van der Waals surface area contributed by atoms with Crippen molar-refractivity contribution >= 4 is 11.6 Å². The lowest BCUT2D eigenvalue weighted by Crippen LogP contribution is -2.15. The van der Waals surface area contributed by atoms with E-state index in [1.807, 2.05) is 57.4 Å². The predicted octanol–water partition coefficient (Wildman–Crippen LogP) is 3.96. The van der Waals surface area contributed by atoms with Crippen LogP contribution in [0.5, 0.6) is 5.75 Å². The highest BCUT2D eigenvalue weighted by atomic mass is 16.5. The SMILES string of the molecule is COc1cc(-c2cnn(C)c2)ccc1C(=O)Nc1c(C)cccc1C. The fourth-order valence-electron chi connectivity index (χ4n) is 2.82. The van der Waals surface area contributed by atoms with Crippen LogP contribution in [0.3, 0.4) is 0 Å². The van der Waals surface area contributed by atoms with E-state index < -0.39 is 0 Å². The second kappa shape index (κ2) is 6.81. The Morgan fingerprint density at radius 1 is 1.12 bits per heavy atom. The van der Waals surface area contributed by atoms with E-state index in [1.165, 1.54) is 0 Å². The molecule has 3 aromatic rings. The summed E-state index contributed by atoms with van der Waals surface area (Å²) < 4.78 is 7.19. The topological polar surface area (TPSA) is 56.2 Å². The molecule has 0 aliphatic heterocycles. The molecule has 0 saturated heterocycles. The van der Waals surface area contributed by atoms with Crippen LogP contribution >= 0.6 is 0 Å². The predicted molar refractivity (Wildman–Crippen MR) is 99.1 cm³/mol. The molecule has 0 aliphatic carbocycles. The third-order valence-electron chi connectivity index (χ3n) is 4.20. The number of nitrogens with one attached hydrogen (secondary N) is 1. The second-order valence-electron chi connectivity index (χ2n) is 6.04. The van der Waals surface area contributed by atoms with Gasteiger partial charge in [0.05, 0.1) is 18.9 Å². The number of nitrogens with zero attached hydrogens (tertiary/aromatic N) is 2. The van der Waals surface area contributed by atoms with Gasteiger partial charge in [-0.05, 0) is 42.7 Å². The van der Waals surface area contributed by atoms with Crippen LogP contribution in [-0.2, 0) is 7.05 Å². The van der Waals surface area contributed by atoms with Crippen molar-refractivity contribution in [3.05, 3.63) is 65.5 Å². The zero-order chi connectivity index (χ0) is 18.0. The summed E-state index contributed by atoms with van der Waals surface area (Å²) in [5.41, 5.74) is 5.32. The molecule has 5 heteroatoms. The standard InChI is InChI=1S/C20H21N3O2/c1-13-6-5-7-14(2)19(13)22-20(24)17-9-8-15(10-18(17)25-4)16-11-21-23(3)12-16/h5-12H,1-4H3,(H,22,24). The molecule has 25 heavy (non-hydrogen) atoms. The van der Waals surface area contributed by atoms with E-state index in [1.54, 1.807) is 24.1 Å². The van der Waals surface area contributed by atoms with Crippen molar-refractivity contribution in [1.29, 1.82) is 0 Å². The van der Waals surface area contributed by atoms with E-state index in [0.717, 1.165) is 27.9 Å². The van der Waals surface area contributed by atoms with E-state index in [9.17, 15) is 4.79 Å². The average Bonchev–Trinajstić information content (AvgIpc) is 3.04. The Kier molecular flexibility index (Phi) is 4.57. The van der Waals surface area contributed by atoms with Gasteiger partial charge in [-0.15, -0.1) is 0 Å². The monoisotopic (exact) mass is 335 g/mol. The van der Waals surface area contributed by atoms with E-state index in [-0.39, 0.29) is 5.91 Å². The highest BCUT2D eigenvalue weighted by molar-refractivity contribution is 6.07. The number of carbonyl (C=O) groups is 1. The Hall–Kier alpha value is -3.08. The van der Waals surface area contributed by atoms with Gasteiger partial charge < -0.3 is 10.1 Å². The first kappa shape index (κ1) is 16.8. The summed E-state index contributed by atoms with van der Waals surface area (Å²) in [7, 11) is 3.44. The van der Waals surface area contributed by atoms with E-state index >= 15 is 0 Å². The van der Waals surface area contributed by atoms with Gasteiger partial charge in [-0.2, -0.15) is 5.10 Å². The van der Waals surface area contributed by atoms with E-state index in [4.69, 9.17) is 4.74 Å². The minimum Gasteiger partial charge on any atom is -0.496 e. The van der Waals surface area contributed by atoms with Gasteiger partial charge in [0, 0.05) is 24.5 Å². The Bertz CT molecular complexity index is 908. The number of aromatic nitrogens is 2. The van der Waals surface area contributed by atoms with Gasteiger partial charge in [-0.25, -0.2) is 0 Å². The van der Waals surface area contributed by atoms with Gasteiger partial charge in [0.2, 0.25) is 0 Å². The minimum absolute atomic E-state index is 0.188. The van der Waals surface area contributed by atoms with Gasteiger partial charge in [0.1, 0.15) is 5.75 Å². The number of methoxy groups -OCH3 is 1. The summed E-state index contributed by atoms with van der Waals surface area (Å²) in [6.45, 7) is 3.96. The molecular formula is C20H21N3O2. The molecule has 0 bridgehead atoms. The fraction of sp³-hybridized carbons (Fsp3) is 0.200. The molecule has 0 radical (unpaired) electrons. The summed E-state index contributed by atoms with van der Waals surface area (Å²) in [5.74, 6) is 0.345. The van der Waals surface area contributed by atoms with Crippen molar-refractivity contribution in [2.24, 2.45) is 7.05 Å². The van der Waals surface area contributed by atoms with Crippen LogP contribution in [0.15, 0.2) is 48.8 Å². The van der Waals surface area contributed by atoms with Crippen LogP contribution in [-0.4, -0.2) is 22.8 Å². The first-order chi connectivity index (χ1) is 12.0. The molecule has 0 fully saturated rings. The third kappa shape index (κ3) is 3.40. The van der Waals surface area contributed by atoms with Gasteiger partial charge in [-0.1, -0.05) is 24.3 Å². The molecule has 0 spiro atoms. The number of carbonyl (C=O) groups excluding carboxylic acids is 1. The first-order valence-corrected chi connectivity index (χ1v) is 8.04. The number of hydrogen-bond acceptors (Lipinski definition) is 3. The number of ether oxygens (including phenoxy) is 1. The number of anilines is 1. The van der Waals surface area contributed by atoms with Crippen molar-refractivity contribution in [2.75, 3.05) is 12.4 Å². The zero-order valence-corrected chi connectivity index (χ0v) is 14.8. The van der Waals surface area contributed by atoms with Crippen LogP contribution in [0.1, 0.15) is 21.5 Å². The summed E-state index contributed by atoms with van der Waals surface area (Å²) in [5, 5.41) is 7.18. The molecule has 0 atom stereocenters. The Balaban J connectivity index is 1.92. The number of hydrogen-bond donors (Lipinski definition) is 1. The summed E-state index contributed by atoms with van der Waals surface area (Å²) in [6, 6.07) is 11.5.